The minimum Gasteiger partial charge on any atom is -0.382 e. The molecule has 3 N–H and O–H groups in total. The smallest absolute Gasteiger partial charge is 0.224 e. The van der Waals surface area contributed by atoms with Gasteiger partial charge in [-0.25, -0.2) is 4.39 Å². The number of rotatable bonds is 6. The summed E-state index contributed by atoms with van der Waals surface area (Å²) in [6.07, 6.45) is 0.985. The van der Waals surface area contributed by atoms with Crippen LogP contribution in [-0.2, 0) is 9.53 Å². The maximum atomic E-state index is 13.7. The van der Waals surface area contributed by atoms with Gasteiger partial charge < -0.3 is 15.8 Å². The minimum atomic E-state index is -0.474. The number of hydrogen-bond acceptors (Lipinski definition) is 3. The molecule has 1 rings (SSSR count). The van der Waals surface area contributed by atoms with Gasteiger partial charge >= 0.3 is 0 Å². The summed E-state index contributed by atoms with van der Waals surface area (Å²) < 4.78 is 18.8. The number of amides is 1. The van der Waals surface area contributed by atoms with Crippen LogP contribution in [-0.4, -0.2) is 25.7 Å². The number of halogens is 1. The van der Waals surface area contributed by atoms with Gasteiger partial charge in [-0.3, -0.25) is 4.79 Å². The fourth-order valence-corrected chi connectivity index (χ4v) is 1.54. The first-order valence-electron chi connectivity index (χ1n) is 6.53. The van der Waals surface area contributed by atoms with Crippen molar-refractivity contribution in [1.82, 2.24) is 0 Å². The number of carbonyl (C=O) groups excluding carboxylic acids is 1. The second kappa shape index (κ2) is 9.08. The number of hydrogen-bond donors (Lipinski definition) is 2. The van der Waals surface area contributed by atoms with Crippen molar-refractivity contribution >= 4 is 11.6 Å². The molecule has 0 aromatic heterocycles. The molecule has 0 fully saturated rings. The van der Waals surface area contributed by atoms with E-state index in [0.717, 1.165) is 0 Å². The number of anilines is 1. The van der Waals surface area contributed by atoms with Crippen molar-refractivity contribution in [1.29, 1.82) is 0 Å². The van der Waals surface area contributed by atoms with E-state index in [1.807, 2.05) is 6.92 Å². The lowest BCUT2D eigenvalue weighted by molar-refractivity contribution is -0.116. The van der Waals surface area contributed by atoms with E-state index in [0.29, 0.717) is 31.7 Å². The van der Waals surface area contributed by atoms with Gasteiger partial charge in [0, 0.05) is 25.3 Å². The Labute approximate surface area is 118 Å². The van der Waals surface area contributed by atoms with Gasteiger partial charge in [-0.15, -0.1) is 0 Å². The van der Waals surface area contributed by atoms with E-state index in [2.05, 4.69) is 17.2 Å². The van der Waals surface area contributed by atoms with Crippen LogP contribution >= 0.6 is 0 Å². The molecule has 0 unspecified atom stereocenters. The topological polar surface area (TPSA) is 64.3 Å². The van der Waals surface area contributed by atoms with Crippen LogP contribution in [0.1, 0.15) is 25.3 Å². The van der Waals surface area contributed by atoms with Gasteiger partial charge in [-0.2, -0.15) is 0 Å². The van der Waals surface area contributed by atoms with Crippen molar-refractivity contribution in [2.75, 3.05) is 25.1 Å². The molecule has 1 aromatic rings. The molecule has 0 saturated carbocycles. The molecule has 0 aliphatic heterocycles. The molecule has 0 spiro atoms. The number of ether oxygens (including phenoxy) is 1. The third-order valence-electron chi connectivity index (χ3n) is 2.47. The molecule has 0 aliphatic rings. The van der Waals surface area contributed by atoms with E-state index in [-0.39, 0.29) is 18.0 Å². The van der Waals surface area contributed by atoms with E-state index in [1.54, 1.807) is 6.07 Å². The lowest BCUT2D eigenvalue weighted by Crippen LogP contribution is -2.12. The van der Waals surface area contributed by atoms with E-state index < -0.39 is 5.82 Å². The molecule has 4 nitrogen and oxygen atoms in total. The zero-order valence-electron chi connectivity index (χ0n) is 11.5. The van der Waals surface area contributed by atoms with Crippen LogP contribution in [0.3, 0.4) is 0 Å². The number of nitrogens with two attached hydrogens (primary N) is 1. The molecule has 0 atom stereocenters. The van der Waals surface area contributed by atoms with E-state index in [4.69, 9.17) is 10.5 Å². The van der Waals surface area contributed by atoms with Crippen molar-refractivity contribution in [3.63, 3.8) is 0 Å². The van der Waals surface area contributed by atoms with Crippen LogP contribution in [0.5, 0.6) is 0 Å². The summed E-state index contributed by atoms with van der Waals surface area (Å²) in [7, 11) is 0. The van der Waals surface area contributed by atoms with Gasteiger partial charge in [-0.1, -0.05) is 11.8 Å². The highest BCUT2D eigenvalue weighted by Crippen LogP contribution is 2.14. The Kier molecular flexibility index (Phi) is 7.33. The summed E-state index contributed by atoms with van der Waals surface area (Å²) >= 11 is 0. The SMILES string of the molecule is CCOCCCC(=O)Nc1ccc(C#CCN)c(F)c1. The minimum absolute atomic E-state index is 0.162. The molecule has 5 heteroatoms. The third kappa shape index (κ3) is 5.83. The number of benzene rings is 1. The van der Waals surface area contributed by atoms with Crippen LogP contribution in [0.25, 0.3) is 0 Å². The monoisotopic (exact) mass is 278 g/mol. The molecule has 20 heavy (non-hydrogen) atoms. The fraction of sp³-hybridized carbons (Fsp3) is 0.400. The Morgan fingerprint density at radius 1 is 1.50 bits per heavy atom. The van der Waals surface area contributed by atoms with Crippen LogP contribution in [0, 0.1) is 17.7 Å². The van der Waals surface area contributed by atoms with E-state index in [1.165, 1.54) is 12.1 Å². The first-order chi connectivity index (χ1) is 9.67. The Hall–Kier alpha value is -1.90. The fourth-order valence-electron chi connectivity index (χ4n) is 1.54. The Morgan fingerprint density at radius 3 is 2.95 bits per heavy atom. The number of carbonyl (C=O) groups is 1. The molecule has 0 heterocycles. The Bertz CT molecular complexity index is 506. The summed E-state index contributed by atoms with van der Waals surface area (Å²) in [6, 6.07) is 4.39. The van der Waals surface area contributed by atoms with Gasteiger partial charge in [0.25, 0.3) is 0 Å². The van der Waals surface area contributed by atoms with Gasteiger partial charge in [0.2, 0.25) is 5.91 Å². The van der Waals surface area contributed by atoms with E-state index >= 15 is 0 Å². The average Bonchev–Trinajstić information content (AvgIpc) is 2.43. The highest BCUT2D eigenvalue weighted by molar-refractivity contribution is 5.90. The van der Waals surface area contributed by atoms with Gasteiger partial charge in [0.05, 0.1) is 12.1 Å². The van der Waals surface area contributed by atoms with Gasteiger partial charge in [0.15, 0.2) is 0 Å². The van der Waals surface area contributed by atoms with Crippen molar-refractivity contribution < 1.29 is 13.9 Å². The van der Waals surface area contributed by atoms with Crippen LogP contribution in [0.2, 0.25) is 0 Å². The van der Waals surface area contributed by atoms with Crippen LogP contribution in [0.4, 0.5) is 10.1 Å². The highest BCUT2D eigenvalue weighted by Gasteiger charge is 2.05. The predicted octanol–water partition coefficient (Wildman–Crippen LogP) is 1.89. The highest BCUT2D eigenvalue weighted by atomic mass is 19.1. The zero-order chi connectivity index (χ0) is 14.8. The maximum absolute atomic E-state index is 13.7. The molecule has 108 valence electrons. The lowest BCUT2D eigenvalue weighted by Gasteiger charge is -2.06. The first kappa shape index (κ1) is 16.2. The van der Waals surface area contributed by atoms with E-state index in [9.17, 15) is 9.18 Å². The molecule has 0 saturated heterocycles. The normalized spacial score (nSPS) is 9.75. The molecule has 0 bridgehead atoms. The predicted molar refractivity (Wildman–Crippen MR) is 76.7 cm³/mol. The van der Waals surface area contributed by atoms with Crippen LogP contribution < -0.4 is 11.1 Å². The maximum Gasteiger partial charge on any atom is 0.224 e. The second-order valence-corrected chi connectivity index (χ2v) is 4.05. The lowest BCUT2D eigenvalue weighted by atomic mass is 10.2. The Balaban J connectivity index is 2.52. The third-order valence-corrected chi connectivity index (χ3v) is 2.47. The largest absolute Gasteiger partial charge is 0.382 e. The van der Waals surface area contributed by atoms with Gasteiger partial charge in [-0.05, 0) is 31.5 Å². The molecule has 0 aliphatic carbocycles. The zero-order valence-corrected chi connectivity index (χ0v) is 11.5. The summed E-state index contributed by atoms with van der Waals surface area (Å²) in [5.74, 6) is 4.57. The summed E-state index contributed by atoms with van der Waals surface area (Å²) in [5.41, 5.74) is 5.91. The van der Waals surface area contributed by atoms with Gasteiger partial charge in [0.1, 0.15) is 5.82 Å². The standard InChI is InChI=1S/C15H19FN2O2/c1-2-20-10-4-6-15(19)18-13-8-7-12(5-3-9-17)14(16)11-13/h7-8,11H,2,4,6,9-10,17H2,1H3,(H,18,19). The second-order valence-electron chi connectivity index (χ2n) is 4.05. The average molecular weight is 278 g/mol. The summed E-state index contributed by atoms with van der Waals surface area (Å²) in [5, 5.41) is 2.64. The van der Waals surface area contributed by atoms with Crippen molar-refractivity contribution in [3.8, 4) is 11.8 Å². The Morgan fingerprint density at radius 2 is 2.30 bits per heavy atom. The van der Waals surface area contributed by atoms with Crippen LogP contribution in [0.15, 0.2) is 18.2 Å². The molecular weight excluding hydrogens is 259 g/mol. The molecule has 1 aromatic carbocycles. The van der Waals surface area contributed by atoms with Crippen molar-refractivity contribution in [2.45, 2.75) is 19.8 Å². The van der Waals surface area contributed by atoms with Crippen molar-refractivity contribution in [3.05, 3.63) is 29.6 Å². The quantitative estimate of drug-likeness (QED) is 0.617. The molecule has 0 radical (unpaired) electrons. The molecule has 1 amide bonds. The summed E-state index contributed by atoms with van der Waals surface area (Å²) in [4.78, 5) is 11.6. The molecular formula is C15H19FN2O2. The summed E-state index contributed by atoms with van der Waals surface area (Å²) in [6.45, 7) is 3.26. The van der Waals surface area contributed by atoms with Crippen molar-refractivity contribution in [2.24, 2.45) is 5.73 Å². The number of nitrogens with one attached hydrogen (secondary N) is 1. The first-order valence-corrected chi connectivity index (χ1v) is 6.53.